The fraction of sp³-hybridized carbons (Fsp3) is 0.167. The zero-order valence-electron chi connectivity index (χ0n) is 9.19. The Bertz CT molecular complexity index is 450. The highest BCUT2D eigenvalue weighted by atomic mass is 16.5. The average molecular weight is 219 g/mol. The van der Waals surface area contributed by atoms with Crippen molar-refractivity contribution in [2.45, 2.75) is 6.92 Å². The van der Waals surface area contributed by atoms with Crippen LogP contribution < -0.4 is 5.73 Å². The Morgan fingerprint density at radius 1 is 1.38 bits per heavy atom. The van der Waals surface area contributed by atoms with Crippen molar-refractivity contribution in [2.75, 3.05) is 7.11 Å². The van der Waals surface area contributed by atoms with Gasteiger partial charge in [-0.15, -0.1) is 0 Å². The second-order valence-corrected chi connectivity index (χ2v) is 3.30. The van der Waals surface area contributed by atoms with E-state index in [2.05, 4.69) is 4.74 Å². The summed E-state index contributed by atoms with van der Waals surface area (Å²) >= 11 is 0. The molecule has 16 heavy (non-hydrogen) atoms. The van der Waals surface area contributed by atoms with E-state index in [1.807, 2.05) is 6.92 Å². The van der Waals surface area contributed by atoms with Crippen molar-refractivity contribution in [3.63, 3.8) is 0 Å². The van der Waals surface area contributed by atoms with Gasteiger partial charge in [0.05, 0.1) is 12.7 Å². The molecule has 0 aromatic heterocycles. The predicted octanol–water partition coefficient (Wildman–Crippen LogP) is 1.28. The highest BCUT2D eigenvalue weighted by Gasteiger charge is 2.08. The van der Waals surface area contributed by atoms with Crippen LogP contribution in [0.2, 0.25) is 0 Å². The van der Waals surface area contributed by atoms with Crippen molar-refractivity contribution in [2.24, 2.45) is 5.73 Å². The fourth-order valence-corrected chi connectivity index (χ4v) is 1.25. The van der Waals surface area contributed by atoms with E-state index in [-0.39, 0.29) is 0 Å². The number of methoxy groups -OCH3 is 1. The van der Waals surface area contributed by atoms with Crippen molar-refractivity contribution < 1.29 is 14.3 Å². The lowest BCUT2D eigenvalue weighted by atomic mass is 10.0. The number of esters is 1. The topological polar surface area (TPSA) is 69.4 Å². The number of primary amides is 1. The van der Waals surface area contributed by atoms with Gasteiger partial charge in [-0.05, 0) is 30.2 Å². The van der Waals surface area contributed by atoms with Gasteiger partial charge in [0.2, 0.25) is 5.91 Å². The Kier molecular flexibility index (Phi) is 3.83. The first-order valence-corrected chi connectivity index (χ1v) is 4.71. The number of benzene rings is 1. The maximum Gasteiger partial charge on any atom is 0.338 e. The molecule has 0 spiro atoms. The number of nitrogens with two attached hydrogens (primary N) is 1. The van der Waals surface area contributed by atoms with Crippen molar-refractivity contribution >= 4 is 18.0 Å². The number of aryl methyl sites for hydroxylation is 1. The van der Waals surface area contributed by atoms with Crippen molar-refractivity contribution in [3.05, 3.63) is 41.0 Å². The largest absolute Gasteiger partial charge is 0.465 e. The van der Waals surface area contributed by atoms with Crippen LogP contribution in [0.5, 0.6) is 0 Å². The predicted molar refractivity (Wildman–Crippen MR) is 60.7 cm³/mol. The van der Waals surface area contributed by atoms with Gasteiger partial charge in [0.25, 0.3) is 0 Å². The Hall–Kier alpha value is -2.10. The smallest absolute Gasteiger partial charge is 0.338 e. The third-order valence-electron chi connectivity index (χ3n) is 2.11. The Morgan fingerprint density at radius 3 is 2.62 bits per heavy atom. The third-order valence-corrected chi connectivity index (χ3v) is 2.11. The van der Waals surface area contributed by atoms with Gasteiger partial charge in [-0.2, -0.15) is 0 Å². The van der Waals surface area contributed by atoms with E-state index in [1.54, 1.807) is 24.3 Å². The van der Waals surface area contributed by atoms with E-state index < -0.39 is 11.9 Å². The summed E-state index contributed by atoms with van der Waals surface area (Å²) in [6.07, 6.45) is 2.79. The van der Waals surface area contributed by atoms with Crippen LogP contribution in [-0.4, -0.2) is 19.0 Å². The van der Waals surface area contributed by atoms with E-state index in [4.69, 9.17) is 5.73 Å². The molecule has 0 saturated carbocycles. The van der Waals surface area contributed by atoms with Gasteiger partial charge in [-0.1, -0.05) is 12.1 Å². The molecule has 4 heteroatoms. The summed E-state index contributed by atoms with van der Waals surface area (Å²) in [6, 6.07) is 5.23. The molecule has 1 aromatic carbocycles. The van der Waals surface area contributed by atoms with Crippen LogP contribution >= 0.6 is 0 Å². The monoisotopic (exact) mass is 219 g/mol. The van der Waals surface area contributed by atoms with E-state index >= 15 is 0 Å². The molecule has 0 aliphatic heterocycles. The molecule has 0 aliphatic rings. The van der Waals surface area contributed by atoms with Crippen LogP contribution in [0.25, 0.3) is 6.08 Å². The number of hydrogen-bond acceptors (Lipinski definition) is 3. The second kappa shape index (κ2) is 5.11. The van der Waals surface area contributed by atoms with Crippen LogP contribution in [0.1, 0.15) is 21.5 Å². The minimum Gasteiger partial charge on any atom is -0.465 e. The fourth-order valence-electron chi connectivity index (χ4n) is 1.25. The molecule has 0 aliphatic carbocycles. The summed E-state index contributed by atoms with van der Waals surface area (Å²) in [4.78, 5) is 21.9. The third kappa shape index (κ3) is 2.95. The zero-order valence-corrected chi connectivity index (χ0v) is 9.19. The molecule has 0 fully saturated rings. The number of ether oxygens (including phenoxy) is 1. The summed E-state index contributed by atoms with van der Waals surface area (Å²) in [7, 11) is 1.33. The number of carbonyl (C=O) groups is 2. The maximum atomic E-state index is 11.4. The summed E-state index contributed by atoms with van der Waals surface area (Å²) in [5, 5.41) is 0. The van der Waals surface area contributed by atoms with Crippen LogP contribution in [0, 0.1) is 6.92 Å². The molecule has 1 rings (SSSR count). The van der Waals surface area contributed by atoms with Gasteiger partial charge in [0, 0.05) is 6.08 Å². The molecule has 84 valence electrons. The molecular formula is C12H13NO3. The van der Waals surface area contributed by atoms with Gasteiger partial charge < -0.3 is 10.5 Å². The lowest BCUT2D eigenvalue weighted by Gasteiger charge is -2.04. The summed E-state index contributed by atoms with van der Waals surface area (Å²) in [5.41, 5.74) is 7.01. The first kappa shape index (κ1) is 12.0. The van der Waals surface area contributed by atoms with Gasteiger partial charge in [-0.25, -0.2) is 4.79 Å². The van der Waals surface area contributed by atoms with E-state index in [9.17, 15) is 9.59 Å². The molecule has 4 nitrogen and oxygen atoms in total. The highest BCUT2D eigenvalue weighted by molar-refractivity contribution is 5.93. The lowest BCUT2D eigenvalue weighted by molar-refractivity contribution is -0.113. The number of carbonyl (C=O) groups excluding carboxylic acids is 2. The zero-order chi connectivity index (χ0) is 12.1. The highest BCUT2D eigenvalue weighted by Crippen LogP contribution is 2.13. The lowest BCUT2D eigenvalue weighted by Crippen LogP contribution is -2.06. The molecule has 1 aromatic rings. The Balaban J connectivity index is 3.07. The molecule has 2 N–H and O–H groups in total. The van der Waals surface area contributed by atoms with Gasteiger partial charge in [0.15, 0.2) is 0 Å². The second-order valence-electron chi connectivity index (χ2n) is 3.30. The minimum atomic E-state index is -0.528. The molecule has 0 atom stereocenters. The van der Waals surface area contributed by atoms with Crippen molar-refractivity contribution in [1.29, 1.82) is 0 Å². The maximum absolute atomic E-state index is 11.4. The molecule has 1 amide bonds. The number of hydrogen-bond donors (Lipinski definition) is 1. The van der Waals surface area contributed by atoms with Crippen molar-refractivity contribution in [1.82, 2.24) is 0 Å². The SMILES string of the molecule is COC(=O)c1cc(C=CC(N)=O)ccc1C. The van der Waals surface area contributed by atoms with Gasteiger partial charge >= 0.3 is 5.97 Å². The van der Waals surface area contributed by atoms with Crippen LogP contribution in [0.15, 0.2) is 24.3 Å². The van der Waals surface area contributed by atoms with E-state index in [0.717, 1.165) is 11.1 Å². The van der Waals surface area contributed by atoms with Crippen LogP contribution in [-0.2, 0) is 9.53 Å². The summed E-state index contributed by atoms with van der Waals surface area (Å²) < 4.78 is 4.64. The molecule has 0 heterocycles. The Morgan fingerprint density at radius 2 is 2.06 bits per heavy atom. The molecule has 0 radical (unpaired) electrons. The van der Waals surface area contributed by atoms with Crippen LogP contribution in [0.3, 0.4) is 0 Å². The van der Waals surface area contributed by atoms with Crippen LogP contribution in [0.4, 0.5) is 0 Å². The summed E-state index contributed by atoms with van der Waals surface area (Å²) in [5.74, 6) is -0.924. The van der Waals surface area contributed by atoms with Gasteiger partial charge in [0.1, 0.15) is 0 Å². The minimum absolute atomic E-state index is 0.396. The molecule has 0 bridgehead atoms. The number of amides is 1. The van der Waals surface area contributed by atoms with E-state index in [1.165, 1.54) is 13.2 Å². The van der Waals surface area contributed by atoms with Crippen molar-refractivity contribution in [3.8, 4) is 0 Å². The standard InChI is InChI=1S/C12H13NO3/c1-8-3-4-9(5-6-11(13)14)7-10(8)12(15)16-2/h3-7H,1-2H3,(H2,13,14). The summed E-state index contributed by atoms with van der Waals surface area (Å²) in [6.45, 7) is 1.81. The first-order valence-electron chi connectivity index (χ1n) is 4.71. The molecule has 0 unspecified atom stereocenters. The quantitative estimate of drug-likeness (QED) is 0.615. The van der Waals surface area contributed by atoms with Gasteiger partial charge in [-0.3, -0.25) is 4.79 Å². The first-order chi connectivity index (χ1) is 7.54. The normalized spacial score (nSPS) is 10.4. The number of rotatable bonds is 3. The molecular weight excluding hydrogens is 206 g/mol. The average Bonchev–Trinajstić information content (AvgIpc) is 2.27. The molecule has 0 saturated heterocycles. The Labute approximate surface area is 93.7 Å². The van der Waals surface area contributed by atoms with E-state index in [0.29, 0.717) is 5.56 Å².